The van der Waals surface area contributed by atoms with Crippen molar-refractivity contribution >= 4 is 56.2 Å². The maximum absolute atomic E-state index is 14.8. The zero-order valence-electron chi connectivity index (χ0n) is 46.4. The molecule has 5 N–H and O–H groups in total. The van der Waals surface area contributed by atoms with Gasteiger partial charge in [-0.2, -0.15) is 5.10 Å². The first-order valence-electron chi connectivity index (χ1n) is 26.3. The molecule has 1 aliphatic carbocycles. The molecule has 7 rings (SSSR count). The molecule has 21 nitrogen and oxygen atoms in total. The number of rotatable bonds is 23. The summed E-state index contributed by atoms with van der Waals surface area (Å²) in [6, 6.07) is 13.5. The highest BCUT2D eigenvalue weighted by atomic mass is 32.2. The van der Waals surface area contributed by atoms with Crippen molar-refractivity contribution in [1.82, 2.24) is 40.6 Å². The van der Waals surface area contributed by atoms with Crippen molar-refractivity contribution in [2.24, 2.45) is 5.41 Å². The summed E-state index contributed by atoms with van der Waals surface area (Å²) < 4.78 is 55.8. The third-order valence-electron chi connectivity index (χ3n) is 14.3. The lowest BCUT2D eigenvalue weighted by Gasteiger charge is -2.42. The van der Waals surface area contributed by atoms with Gasteiger partial charge >= 0.3 is 6.09 Å². The normalized spacial score (nSPS) is 16.4. The summed E-state index contributed by atoms with van der Waals surface area (Å²) in [6.07, 6.45) is 2.93. The molecule has 0 bridgehead atoms. The third-order valence-corrected chi connectivity index (χ3v) is 16.8. The Morgan fingerprint density at radius 2 is 1.51 bits per heavy atom. The molecule has 0 fully saturated rings. The summed E-state index contributed by atoms with van der Waals surface area (Å²) in [6.45, 7) is 17.6. The molecule has 78 heavy (non-hydrogen) atoms. The van der Waals surface area contributed by atoms with E-state index in [-0.39, 0.29) is 75.2 Å². The number of carbonyl (C=O) groups is 4. The van der Waals surface area contributed by atoms with Crippen molar-refractivity contribution in [1.29, 1.82) is 0 Å². The van der Waals surface area contributed by atoms with Gasteiger partial charge in [0, 0.05) is 42.7 Å². The minimum Gasteiger partial charge on any atom is -0.491 e. The largest absolute Gasteiger partial charge is 0.491 e. The van der Waals surface area contributed by atoms with Gasteiger partial charge in [-0.1, -0.05) is 51.1 Å². The molecule has 2 aromatic heterocycles. The van der Waals surface area contributed by atoms with Crippen LogP contribution in [0, 0.1) is 19.3 Å². The van der Waals surface area contributed by atoms with Crippen molar-refractivity contribution in [2.45, 2.75) is 128 Å². The third kappa shape index (κ3) is 14.0. The highest BCUT2D eigenvalue weighted by molar-refractivity contribution is 7.92. The van der Waals surface area contributed by atoms with Crippen LogP contribution in [0.25, 0.3) is 10.9 Å². The van der Waals surface area contributed by atoms with Gasteiger partial charge in [-0.25, -0.2) is 23.2 Å². The molecule has 5 aromatic rings. The fourth-order valence-corrected chi connectivity index (χ4v) is 10.5. The number of aromatic amines is 1. The molecule has 2 aliphatic rings. The Morgan fingerprint density at radius 3 is 2.15 bits per heavy atom. The van der Waals surface area contributed by atoms with Gasteiger partial charge in [-0.05, 0) is 107 Å². The first kappa shape index (κ1) is 58.8. The number of benzene rings is 3. The summed E-state index contributed by atoms with van der Waals surface area (Å²) in [5, 5.41) is 26.6. The lowest BCUT2D eigenvalue weighted by molar-refractivity contribution is -0.147. The second-order valence-electron chi connectivity index (χ2n) is 21.8. The summed E-state index contributed by atoms with van der Waals surface area (Å²) in [4.78, 5) is 65.6. The summed E-state index contributed by atoms with van der Waals surface area (Å²) in [5.41, 5.74) is 5.39. The molecule has 422 valence electrons. The number of hydrogen-bond acceptors (Lipinski definition) is 15. The van der Waals surface area contributed by atoms with Crippen molar-refractivity contribution in [2.75, 3.05) is 65.2 Å². The van der Waals surface area contributed by atoms with Crippen LogP contribution < -0.4 is 25.4 Å². The van der Waals surface area contributed by atoms with Gasteiger partial charge in [0.1, 0.15) is 59.9 Å². The fraction of sp³-hybridized carbons (Fsp3) is 0.518. The van der Waals surface area contributed by atoms with Gasteiger partial charge in [0.05, 0.1) is 55.9 Å². The number of hydrogen-bond donors (Lipinski definition) is 5. The molecular formula is C56H75N9O12S. The molecule has 3 heterocycles. The predicted molar refractivity (Wildman–Crippen MR) is 293 cm³/mol. The van der Waals surface area contributed by atoms with Crippen molar-refractivity contribution in [3.8, 4) is 11.5 Å². The van der Waals surface area contributed by atoms with Crippen LogP contribution in [0.1, 0.15) is 101 Å². The molecule has 3 unspecified atom stereocenters. The Hall–Kier alpha value is -6.88. The van der Waals surface area contributed by atoms with Crippen LogP contribution >= 0.6 is 0 Å². The molecule has 22 heteroatoms. The molecule has 3 aromatic carbocycles. The molecule has 0 saturated carbocycles. The fourth-order valence-electron chi connectivity index (χ4n) is 9.21. The molecule has 4 amide bonds. The smallest absolute Gasteiger partial charge is 0.407 e. The van der Waals surface area contributed by atoms with Crippen LogP contribution in [0.3, 0.4) is 0 Å². The number of aromatic nitrogens is 4. The molecule has 4 atom stereocenters. The zero-order chi connectivity index (χ0) is 56.5. The Labute approximate surface area is 456 Å². The summed E-state index contributed by atoms with van der Waals surface area (Å²) in [7, 11) is -2.57. The molecular weight excluding hydrogens is 1020 g/mol. The topological polar surface area (TPSA) is 266 Å². The standard InChI is InChI=1S/C56H75N9O12S/c1-34-35(2)62-63-49(34)61-50-42-30-47(78(71,72)56(7,8)9)46(31-44(42)57-33-58-50)77-27-25-75-23-21-73-20-22-74-24-26-76-40-19-18-38-29-45(52(67)59-43-17-13-15-37-14-11-12-16-41(37)43)65(32-39(38)28-40)53(68)48(55(4,5)6)60-51(66)36(3)64(10)54(69)70/h11-12,14,16,18-19,28,30-31,33,36,43,45,48H,13,15,17,20-27,29,32H2,1-10H3,(H,59,67)(H,60,66)(H,69,70)(H2,57,58,61,62,63)/t36?,43-,45?,48?/m1/s1. The van der Waals surface area contributed by atoms with Gasteiger partial charge in [0.2, 0.25) is 17.7 Å². The monoisotopic (exact) mass is 1100 g/mol. The van der Waals surface area contributed by atoms with E-state index in [1.54, 1.807) is 26.8 Å². The minimum absolute atomic E-state index is 0.0141. The number of nitrogens with zero attached hydrogens (tertiary/aromatic N) is 5. The molecule has 0 radical (unpaired) electrons. The van der Waals surface area contributed by atoms with E-state index in [9.17, 15) is 32.7 Å². The van der Waals surface area contributed by atoms with Crippen LogP contribution in [-0.4, -0.2) is 150 Å². The van der Waals surface area contributed by atoms with Gasteiger partial charge < -0.3 is 49.6 Å². The highest BCUT2D eigenvalue weighted by Crippen LogP contribution is 2.38. The SMILES string of the molecule is Cc1[nH]nc(Nc2ncnc3cc(OCCOCCOCCOCCOc4ccc5c(c4)CN(C(=O)C(NC(=O)C(C)N(C)C(=O)O)C(C)(C)C)C(C(=O)N[C@@H]4CCCc6ccccc64)C5)c(S(=O)(=O)C(C)(C)C)cc23)c1C. The Morgan fingerprint density at radius 1 is 0.846 bits per heavy atom. The maximum atomic E-state index is 14.8. The van der Waals surface area contributed by atoms with Crippen LogP contribution in [-0.2, 0) is 57.8 Å². The molecule has 1 aliphatic heterocycles. The number of likely N-dealkylation sites (N-methyl/N-ethyl adjacent to an activating group) is 1. The van der Waals surface area contributed by atoms with Crippen LogP contribution in [0.4, 0.5) is 16.4 Å². The molecule has 0 saturated heterocycles. The second kappa shape index (κ2) is 25.3. The maximum Gasteiger partial charge on any atom is 0.407 e. The number of carboxylic acid groups (broad SMARTS) is 1. The van der Waals surface area contributed by atoms with E-state index in [1.165, 1.54) is 36.8 Å². The van der Waals surface area contributed by atoms with E-state index in [4.69, 9.17) is 23.7 Å². The van der Waals surface area contributed by atoms with E-state index in [0.717, 1.165) is 52.1 Å². The number of aryl methyl sites for hydroxylation is 2. The van der Waals surface area contributed by atoms with E-state index in [2.05, 4.69) is 42.2 Å². The Balaban J connectivity index is 0.887. The summed E-state index contributed by atoms with van der Waals surface area (Å²) >= 11 is 0. The van der Waals surface area contributed by atoms with Crippen LogP contribution in [0.5, 0.6) is 11.5 Å². The predicted octanol–water partition coefficient (Wildman–Crippen LogP) is 6.77. The van der Waals surface area contributed by atoms with Gasteiger partial charge in [0.25, 0.3) is 0 Å². The first-order valence-corrected chi connectivity index (χ1v) is 27.8. The number of carbonyl (C=O) groups excluding carboxylic acids is 3. The first-order chi connectivity index (χ1) is 37.0. The highest BCUT2D eigenvalue weighted by Gasteiger charge is 2.44. The average molecular weight is 1100 g/mol. The van der Waals surface area contributed by atoms with Crippen molar-refractivity contribution in [3.63, 3.8) is 0 Å². The lowest BCUT2D eigenvalue weighted by atomic mass is 9.83. The van der Waals surface area contributed by atoms with Gasteiger partial charge in [-0.15, -0.1) is 0 Å². The van der Waals surface area contributed by atoms with E-state index >= 15 is 0 Å². The number of sulfone groups is 1. The number of fused-ring (bicyclic) bond motifs is 3. The van der Waals surface area contributed by atoms with Crippen molar-refractivity contribution in [3.05, 3.63) is 94.4 Å². The van der Waals surface area contributed by atoms with Crippen LogP contribution in [0.15, 0.2) is 65.8 Å². The molecule has 0 spiro atoms. The van der Waals surface area contributed by atoms with E-state index in [0.29, 0.717) is 41.5 Å². The number of nitrogens with one attached hydrogen (secondary N) is 4. The van der Waals surface area contributed by atoms with E-state index < -0.39 is 56.0 Å². The number of H-pyrrole nitrogens is 1. The minimum atomic E-state index is -3.86. The van der Waals surface area contributed by atoms with Gasteiger partial charge in [-0.3, -0.25) is 24.4 Å². The van der Waals surface area contributed by atoms with E-state index in [1.807, 2.05) is 71.0 Å². The van der Waals surface area contributed by atoms with Crippen LogP contribution in [0.2, 0.25) is 0 Å². The zero-order valence-corrected chi connectivity index (χ0v) is 47.2. The number of ether oxygens (including phenoxy) is 5. The number of anilines is 2. The lowest BCUT2D eigenvalue weighted by Crippen LogP contribution is -2.62. The quantitative estimate of drug-likeness (QED) is 0.0423. The Kier molecular flexibility index (Phi) is 19.1. The Bertz CT molecular complexity index is 3060. The van der Waals surface area contributed by atoms with Crippen molar-refractivity contribution < 1.29 is 56.4 Å². The number of amides is 4. The average Bonchev–Trinajstić information content (AvgIpc) is 3.77. The van der Waals surface area contributed by atoms with Gasteiger partial charge in [0.15, 0.2) is 15.7 Å². The second-order valence-corrected chi connectivity index (χ2v) is 24.5. The summed E-state index contributed by atoms with van der Waals surface area (Å²) in [5.74, 6) is 0.292.